The summed E-state index contributed by atoms with van der Waals surface area (Å²) in [6.45, 7) is 0. The van der Waals surface area contributed by atoms with Crippen LogP contribution < -0.4 is 0 Å². The summed E-state index contributed by atoms with van der Waals surface area (Å²) in [5.41, 5.74) is 0. The standard InChI is InChI=1S/C6H12N4O4/c1-11-5-6(12-2)9(13-3)10(14-4)8-7-5/h1-4H3. The number of ether oxygens (including phenoxy) is 2. The van der Waals surface area contributed by atoms with Crippen LogP contribution in [0.1, 0.15) is 0 Å². The summed E-state index contributed by atoms with van der Waals surface area (Å²) >= 11 is 0. The molecule has 1 heterocycles. The lowest BCUT2D eigenvalue weighted by atomic mass is 10.7. The highest BCUT2D eigenvalue weighted by atomic mass is 16.9. The Bertz CT molecular complexity index is 254. The maximum absolute atomic E-state index is 5.01. The Morgan fingerprint density at radius 1 is 1.00 bits per heavy atom. The normalized spacial score (nSPS) is 16.3. The van der Waals surface area contributed by atoms with Gasteiger partial charge in [-0.1, -0.05) is 10.3 Å². The largest absolute Gasteiger partial charge is 0.476 e. The molecule has 1 rings (SSSR count). The Hall–Kier alpha value is -1.54. The summed E-state index contributed by atoms with van der Waals surface area (Å²) in [6.07, 6.45) is 0. The van der Waals surface area contributed by atoms with E-state index in [4.69, 9.17) is 19.1 Å². The molecule has 8 heteroatoms. The number of nitrogens with zero attached hydrogens (tertiary/aromatic N) is 4. The molecule has 80 valence electrons. The molecule has 0 aliphatic carbocycles. The molecule has 0 saturated heterocycles. The second-order valence-corrected chi connectivity index (χ2v) is 2.10. The fourth-order valence-electron chi connectivity index (χ4n) is 0.874. The number of rotatable bonds is 4. The molecule has 0 aromatic carbocycles. The molecule has 0 amide bonds. The quantitative estimate of drug-likeness (QED) is 0.661. The summed E-state index contributed by atoms with van der Waals surface area (Å²) in [7, 11) is 5.74. The molecule has 1 aliphatic heterocycles. The van der Waals surface area contributed by atoms with Crippen molar-refractivity contribution in [2.45, 2.75) is 0 Å². The first kappa shape index (κ1) is 10.5. The molecule has 1 aliphatic rings. The monoisotopic (exact) mass is 204 g/mol. The molecule has 0 aromatic heterocycles. The van der Waals surface area contributed by atoms with E-state index in [9.17, 15) is 0 Å². The maximum atomic E-state index is 5.01. The molecular weight excluding hydrogens is 192 g/mol. The third-order valence-electron chi connectivity index (χ3n) is 1.45. The lowest BCUT2D eigenvalue weighted by Crippen LogP contribution is -2.39. The first-order valence-corrected chi connectivity index (χ1v) is 3.70. The fourth-order valence-corrected chi connectivity index (χ4v) is 0.874. The molecule has 0 N–H and O–H groups in total. The van der Waals surface area contributed by atoms with Crippen LogP contribution in [-0.4, -0.2) is 38.9 Å². The van der Waals surface area contributed by atoms with Crippen molar-refractivity contribution in [3.8, 4) is 0 Å². The van der Waals surface area contributed by atoms with Crippen molar-refractivity contribution >= 4 is 0 Å². The van der Waals surface area contributed by atoms with Crippen LogP contribution in [-0.2, 0) is 19.1 Å². The van der Waals surface area contributed by atoms with E-state index in [0.717, 1.165) is 10.5 Å². The summed E-state index contributed by atoms with van der Waals surface area (Å²) < 4.78 is 9.92. The predicted molar refractivity (Wildman–Crippen MR) is 43.6 cm³/mol. The maximum Gasteiger partial charge on any atom is 0.304 e. The zero-order chi connectivity index (χ0) is 10.6. The number of hydrogen-bond donors (Lipinski definition) is 0. The molecular formula is C6H12N4O4. The minimum Gasteiger partial charge on any atom is -0.476 e. The van der Waals surface area contributed by atoms with E-state index in [2.05, 4.69) is 10.3 Å². The minimum atomic E-state index is 0.197. The lowest BCUT2D eigenvalue weighted by Gasteiger charge is -2.30. The first-order valence-electron chi connectivity index (χ1n) is 3.70. The van der Waals surface area contributed by atoms with Crippen LogP contribution in [0.3, 0.4) is 0 Å². The van der Waals surface area contributed by atoms with Gasteiger partial charge < -0.3 is 9.47 Å². The molecule has 0 unspecified atom stereocenters. The Labute approximate surface area is 81.1 Å². The van der Waals surface area contributed by atoms with Crippen LogP contribution in [0.4, 0.5) is 0 Å². The van der Waals surface area contributed by atoms with Gasteiger partial charge >= 0.3 is 11.8 Å². The highest BCUT2D eigenvalue weighted by Crippen LogP contribution is 2.21. The molecule has 0 spiro atoms. The van der Waals surface area contributed by atoms with E-state index in [-0.39, 0.29) is 11.8 Å². The van der Waals surface area contributed by atoms with Crippen molar-refractivity contribution in [3.63, 3.8) is 0 Å². The van der Waals surface area contributed by atoms with Gasteiger partial charge in [-0.25, -0.2) is 4.84 Å². The predicted octanol–water partition coefficient (Wildman–Crippen LogP) is 0.428. The molecule has 0 saturated carbocycles. The van der Waals surface area contributed by atoms with E-state index in [1.165, 1.54) is 28.4 Å². The SMILES string of the molecule is COC1=C(OC)N(OC)N(OC)N=N1. The summed E-state index contributed by atoms with van der Waals surface area (Å²) in [5, 5.41) is 9.46. The average Bonchev–Trinajstić information content (AvgIpc) is 2.26. The van der Waals surface area contributed by atoms with Crippen molar-refractivity contribution in [1.29, 1.82) is 0 Å². The molecule has 8 nitrogen and oxygen atoms in total. The van der Waals surface area contributed by atoms with Crippen LogP contribution in [0.5, 0.6) is 0 Å². The highest BCUT2D eigenvalue weighted by molar-refractivity contribution is 4.96. The third-order valence-corrected chi connectivity index (χ3v) is 1.45. The molecule has 0 aromatic rings. The fraction of sp³-hybridized carbons (Fsp3) is 0.667. The summed E-state index contributed by atoms with van der Waals surface area (Å²) in [4.78, 5) is 9.77. The Morgan fingerprint density at radius 2 is 1.71 bits per heavy atom. The minimum absolute atomic E-state index is 0.197. The van der Waals surface area contributed by atoms with Crippen LogP contribution >= 0.6 is 0 Å². The van der Waals surface area contributed by atoms with Crippen molar-refractivity contribution in [3.05, 3.63) is 11.8 Å². The average molecular weight is 204 g/mol. The Morgan fingerprint density at radius 3 is 2.14 bits per heavy atom. The Balaban J connectivity index is 2.95. The van der Waals surface area contributed by atoms with Crippen LogP contribution in [0.2, 0.25) is 0 Å². The Kier molecular flexibility index (Phi) is 3.48. The van der Waals surface area contributed by atoms with E-state index < -0.39 is 0 Å². The second-order valence-electron chi connectivity index (χ2n) is 2.10. The van der Waals surface area contributed by atoms with Gasteiger partial charge in [0.2, 0.25) is 0 Å². The highest BCUT2D eigenvalue weighted by Gasteiger charge is 2.28. The number of hydrogen-bond acceptors (Lipinski definition) is 8. The van der Waals surface area contributed by atoms with Gasteiger partial charge in [0.05, 0.1) is 28.4 Å². The van der Waals surface area contributed by atoms with Crippen LogP contribution in [0.25, 0.3) is 0 Å². The van der Waals surface area contributed by atoms with Gasteiger partial charge in [-0.2, -0.15) is 0 Å². The van der Waals surface area contributed by atoms with E-state index >= 15 is 0 Å². The zero-order valence-corrected chi connectivity index (χ0v) is 8.42. The van der Waals surface area contributed by atoms with Crippen molar-refractivity contribution < 1.29 is 19.1 Å². The lowest BCUT2D eigenvalue weighted by molar-refractivity contribution is -0.394. The van der Waals surface area contributed by atoms with Gasteiger partial charge in [0.1, 0.15) is 0 Å². The van der Waals surface area contributed by atoms with E-state index in [0.29, 0.717) is 0 Å². The molecule has 0 fully saturated rings. The van der Waals surface area contributed by atoms with Gasteiger partial charge in [0.15, 0.2) is 0 Å². The number of hydroxylamine groups is 1. The molecule has 14 heavy (non-hydrogen) atoms. The van der Waals surface area contributed by atoms with Gasteiger partial charge in [-0.15, -0.1) is 0 Å². The second kappa shape index (κ2) is 4.63. The topological polar surface area (TPSA) is 68.1 Å². The summed E-state index contributed by atoms with van der Waals surface area (Å²) in [6, 6.07) is 0. The molecule has 0 bridgehead atoms. The molecule has 0 atom stereocenters. The first-order chi connectivity index (χ1) is 6.78. The van der Waals surface area contributed by atoms with Gasteiger partial charge in [-0.3, -0.25) is 4.84 Å². The number of hydrazine groups is 1. The van der Waals surface area contributed by atoms with Crippen molar-refractivity contribution in [1.82, 2.24) is 10.5 Å². The van der Waals surface area contributed by atoms with Gasteiger partial charge in [0.25, 0.3) is 0 Å². The van der Waals surface area contributed by atoms with Crippen LogP contribution in [0.15, 0.2) is 22.1 Å². The van der Waals surface area contributed by atoms with Crippen molar-refractivity contribution in [2.75, 3.05) is 28.4 Å². The van der Waals surface area contributed by atoms with Crippen LogP contribution in [0, 0.1) is 0 Å². The third kappa shape index (κ3) is 1.70. The molecule has 0 radical (unpaired) electrons. The smallest absolute Gasteiger partial charge is 0.304 e. The van der Waals surface area contributed by atoms with Gasteiger partial charge in [0, 0.05) is 0 Å². The van der Waals surface area contributed by atoms with E-state index in [1.807, 2.05) is 0 Å². The number of methoxy groups -OCH3 is 2. The van der Waals surface area contributed by atoms with Gasteiger partial charge in [-0.05, 0) is 10.5 Å². The van der Waals surface area contributed by atoms with Crippen molar-refractivity contribution in [2.24, 2.45) is 10.3 Å². The zero-order valence-electron chi connectivity index (χ0n) is 8.42. The van der Waals surface area contributed by atoms with E-state index in [1.54, 1.807) is 0 Å². The summed E-state index contributed by atoms with van der Waals surface area (Å²) in [5.74, 6) is 0.439.